The van der Waals surface area contributed by atoms with Gasteiger partial charge in [0.05, 0.1) is 6.20 Å². The Morgan fingerprint density at radius 1 is 1.35 bits per heavy atom. The molecule has 0 spiro atoms. The van der Waals surface area contributed by atoms with Crippen molar-refractivity contribution in [3.05, 3.63) is 17.5 Å². The van der Waals surface area contributed by atoms with Gasteiger partial charge in [-0.15, -0.1) is 0 Å². The molecule has 20 heavy (non-hydrogen) atoms. The van der Waals surface area contributed by atoms with Crippen molar-refractivity contribution in [2.24, 2.45) is 0 Å². The number of nitrogens with one attached hydrogen (secondary N) is 1. The van der Waals surface area contributed by atoms with E-state index in [1.54, 1.807) is 6.20 Å². The highest BCUT2D eigenvalue weighted by atomic mass is 19.3. The van der Waals surface area contributed by atoms with Crippen molar-refractivity contribution in [1.82, 2.24) is 20.0 Å². The summed E-state index contributed by atoms with van der Waals surface area (Å²) in [6.07, 6.45) is 0.407. The molecule has 0 unspecified atom stereocenters. The molecule has 0 amide bonds. The first-order valence-corrected chi connectivity index (χ1v) is 7.30. The Morgan fingerprint density at radius 3 is 2.65 bits per heavy atom. The predicted octanol–water partition coefficient (Wildman–Crippen LogP) is 2.28. The van der Waals surface area contributed by atoms with E-state index in [4.69, 9.17) is 0 Å². The molecule has 1 rings (SSSR count). The lowest BCUT2D eigenvalue weighted by Gasteiger charge is -2.17. The van der Waals surface area contributed by atoms with Crippen LogP contribution in [0, 0.1) is 6.92 Å². The SMILES string of the molecule is CCN(CC)CCCNCc1cnn(CC(F)F)c1C. The molecule has 116 valence electrons. The van der Waals surface area contributed by atoms with Crippen LogP contribution >= 0.6 is 0 Å². The first-order valence-electron chi connectivity index (χ1n) is 7.30. The summed E-state index contributed by atoms with van der Waals surface area (Å²) in [5.41, 5.74) is 1.81. The summed E-state index contributed by atoms with van der Waals surface area (Å²) in [6.45, 7) is 10.7. The van der Waals surface area contributed by atoms with Crippen molar-refractivity contribution < 1.29 is 8.78 Å². The van der Waals surface area contributed by atoms with Crippen molar-refractivity contribution in [1.29, 1.82) is 0 Å². The van der Waals surface area contributed by atoms with E-state index in [-0.39, 0.29) is 6.54 Å². The highest BCUT2D eigenvalue weighted by Crippen LogP contribution is 2.09. The van der Waals surface area contributed by atoms with E-state index in [0.29, 0.717) is 6.54 Å². The lowest BCUT2D eigenvalue weighted by atomic mass is 10.2. The second-order valence-corrected chi connectivity index (χ2v) is 4.89. The quantitative estimate of drug-likeness (QED) is 0.671. The fraction of sp³-hybridized carbons (Fsp3) is 0.786. The van der Waals surface area contributed by atoms with Gasteiger partial charge in [0.15, 0.2) is 0 Å². The van der Waals surface area contributed by atoms with Gasteiger partial charge in [-0.2, -0.15) is 5.10 Å². The van der Waals surface area contributed by atoms with Gasteiger partial charge < -0.3 is 10.2 Å². The smallest absolute Gasteiger partial charge is 0.257 e. The second kappa shape index (κ2) is 9.02. The van der Waals surface area contributed by atoms with E-state index in [2.05, 4.69) is 29.2 Å². The molecule has 0 fully saturated rings. The number of hydrogen-bond acceptors (Lipinski definition) is 3. The van der Waals surface area contributed by atoms with Crippen LogP contribution < -0.4 is 5.32 Å². The highest BCUT2D eigenvalue weighted by Gasteiger charge is 2.10. The van der Waals surface area contributed by atoms with Crippen LogP contribution in [0.25, 0.3) is 0 Å². The van der Waals surface area contributed by atoms with Crippen LogP contribution in [0.4, 0.5) is 8.78 Å². The Hall–Kier alpha value is -1.01. The third-order valence-corrected chi connectivity index (χ3v) is 3.55. The van der Waals surface area contributed by atoms with Gasteiger partial charge in [0.25, 0.3) is 6.43 Å². The maximum atomic E-state index is 12.3. The Bertz CT molecular complexity index is 375. The zero-order valence-electron chi connectivity index (χ0n) is 12.7. The minimum atomic E-state index is -2.36. The van der Waals surface area contributed by atoms with Gasteiger partial charge in [0, 0.05) is 17.8 Å². The number of aromatic nitrogens is 2. The standard InChI is InChI=1S/C14H26F2N4/c1-4-19(5-2)8-6-7-17-9-13-10-18-20(12(13)3)11-14(15)16/h10,14,17H,4-9,11H2,1-3H3. The average Bonchev–Trinajstić information content (AvgIpc) is 2.75. The Morgan fingerprint density at radius 2 is 2.05 bits per heavy atom. The summed E-state index contributed by atoms with van der Waals surface area (Å²) in [6, 6.07) is 0. The molecule has 0 aromatic carbocycles. The van der Waals surface area contributed by atoms with Gasteiger partial charge in [-0.05, 0) is 39.5 Å². The average molecular weight is 288 g/mol. The zero-order chi connectivity index (χ0) is 15.0. The summed E-state index contributed by atoms with van der Waals surface area (Å²) < 4.78 is 26.0. The Kier molecular flexibility index (Phi) is 7.69. The summed E-state index contributed by atoms with van der Waals surface area (Å²) in [7, 11) is 0. The van der Waals surface area contributed by atoms with Crippen molar-refractivity contribution in [2.75, 3.05) is 26.2 Å². The molecule has 1 aromatic rings. The second-order valence-electron chi connectivity index (χ2n) is 4.89. The zero-order valence-corrected chi connectivity index (χ0v) is 12.7. The number of halogens is 2. The third-order valence-electron chi connectivity index (χ3n) is 3.55. The maximum Gasteiger partial charge on any atom is 0.257 e. The van der Waals surface area contributed by atoms with Crippen molar-refractivity contribution in [3.8, 4) is 0 Å². The number of hydrogen-bond donors (Lipinski definition) is 1. The lowest BCUT2D eigenvalue weighted by Crippen LogP contribution is -2.27. The van der Waals surface area contributed by atoms with Crippen molar-refractivity contribution in [3.63, 3.8) is 0 Å². The number of rotatable bonds is 10. The van der Waals surface area contributed by atoms with Gasteiger partial charge in [-0.1, -0.05) is 13.8 Å². The number of nitrogens with zero attached hydrogens (tertiary/aromatic N) is 3. The van der Waals surface area contributed by atoms with Gasteiger partial charge in [-0.3, -0.25) is 4.68 Å². The normalized spacial score (nSPS) is 11.8. The van der Waals surface area contributed by atoms with Crippen LogP contribution in [0.15, 0.2) is 6.20 Å². The molecule has 0 aliphatic rings. The first kappa shape index (κ1) is 17.0. The molecule has 0 radical (unpaired) electrons. The van der Waals surface area contributed by atoms with Crippen LogP contribution in [0.2, 0.25) is 0 Å². The topological polar surface area (TPSA) is 33.1 Å². The van der Waals surface area contributed by atoms with E-state index in [1.165, 1.54) is 4.68 Å². The van der Waals surface area contributed by atoms with Gasteiger partial charge in [-0.25, -0.2) is 8.78 Å². The number of alkyl halides is 2. The fourth-order valence-corrected chi connectivity index (χ4v) is 2.16. The van der Waals surface area contributed by atoms with Crippen LogP contribution in [0.5, 0.6) is 0 Å². The molecule has 0 saturated heterocycles. The summed E-state index contributed by atoms with van der Waals surface area (Å²) >= 11 is 0. The summed E-state index contributed by atoms with van der Waals surface area (Å²) in [5, 5.41) is 7.34. The van der Waals surface area contributed by atoms with Crippen LogP contribution in [0.1, 0.15) is 31.5 Å². The van der Waals surface area contributed by atoms with Crippen LogP contribution in [-0.2, 0) is 13.1 Å². The molecule has 1 N–H and O–H groups in total. The van der Waals surface area contributed by atoms with E-state index < -0.39 is 6.43 Å². The van der Waals surface area contributed by atoms with Crippen molar-refractivity contribution >= 4 is 0 Å². The molecule has 0 aliphatic carbocycles. The van der Waals surface area contributed by atoms with E-state index >= 15 is 0 Å². The molecule has 0 bridgehead atoms. The van der Waals surface area contributed by atoms with Gasteiger partial charge in [0.2, 0.25) is 0 Å². The minimum absolute atomic E-state index is 0.326. The van der Waals surface area contributed by atoms with Crippen LogP contribution in [-0.4, -0.2) is 47.3 Å². The fourth-order valence-electron chi connectivity index (χ4n) is 2.16. The maximum absolute atomic E-state index is 12.3. The predicted molar refractivity (Wildman–Crippen MR) is 77.1 cm³/mol. The first-order chi connectivity index (χ1) is 9.58. The third kappa shape index (κ3) is 5.54. The van der Waals surface area contributed by atoms with Crippen molar-refractivity contribution in [2.45, 2.75) is 46.7 Å². The van der Waals surface area contributed by atoms with Gasteiger partial charge >= 0.3 is 0 Å². The summed E-state index contributed by atoms with van der Waals surface area (Å²) in [5.74, 6) is 0. The summed E-state index contributed by atoms with van der Waals surface area (Å²) in [4.78, 5) is 2.38. The van der Waals surface area contributed by atoms with E-state index in [0.717, 1.165) is 43.9 Å². The lowest BCUT2D eigenvalue weighted by molar-refractivity contribution is 0.121. The van der Waals surface area contributed by atoms with E-state index in [1.807, 2.05) is 6.92 Å². The Labute approximate surface area is 120 Å². The van der Waals surface area contributed by atoms with Crippen LogP contribution in [0.3, 0.4) is 0 Å². The minimum Gasteiger partial charge on any atom is -0.312 e. The molecule has 1 heterocycles. The molecular weight excluding hydrogens is 262 g/mol. The molecule has 1 aromatic heterocycles. The molecule has 0 aliphatic heterocycles. The molecular formula is C14H26F2N4. The monoisotopic (exact) mass is 288 g/mol. The molecule has 6 heteroatoms. The highest BCUT2D eigenvalue weighted by molar-refractivity contribution is 5.15. The van der Waals surface area contributed by atoms with E-state index in [9.17, 15) is 8.78 Å². The molecule has 0 saturated carbocycles. The Balaban J connectivity index is 2.27. The largest absolute Gasteiger partial charge is 0.312 e. The van der Waals surface area contributed by atoms with Gasteiger partial charge in [0.1, 0.15) is 6.54 Å². The molecule has 4 nitrogen and oxygen atoms in total. The molecule has 0 atom stereocenters.